The summed E-state index contributed by atoms with van der Waals surface area (Å²) < 4.78 is 22.3. The minimum Gasteiger partial charge on any atom is -0.322 e. The van der Waals surface area contributed by atoms with Crippen LogP contribution in [0.5, 0.6) is 0 Å². The number of aryl methyl sites for hydroxylation is 2. The molecule has 0 aliphatic heterocycles. The number of benzene rings is 2. The summed E-state index contributed by atoms with van der Waals surface area (Å²) in [5, 5.41) is 7.80. The van der Waals surface area contributed by atoms with Gasteiger partial charge in [-0.1, -0.05) is 17.7 Å². The van der Waals surface area contributed by atoms with Gasteiger partial charge in [-0.3, -0.25) is 4.79 Å². The quantitative estimate of drug-likeness (QED) is 0.911. The van der Waals surface area contributed by atoms with Gasteiger partial charge < -0.3 is 5.32 Å². The van der Waals surface area contributed by atoms with Crippen LogP contribution < -0.4 is 10.5 Å². The summed E-state index contributed by atoms with van der Waals surface area (Å²) in [5.41, 5.74) is 3.16. The van der Waals surface area contributed by atoms with Gasteiger partial charge in [-0.2, -0.15) is 0 Å². The number of hydrogen-bond acceptors (Lipinski definition) is 3. The Hall–Kier alpha value is -2.18. The van der Waals surface area contributed by atoms with Crippen molar-refractivity contribution < 1.29 is 13.2 Å². The van der Waals surface area contributed by atoms with Gasteiger partial charge in [0.15, 0.2) is 0 Å². The Morgan fingerprint density at radius 1 is 1.05 bits per heavy atom. The zero-order valence-electron chi connectivity index (χ0n) is 11.8. The van der Waals surface area contributed by atoms with Crippen LogP contribution in [0, 0.1) is 13.8 Å². The molecule has 2 aromatic rings. The number of rotatable bonds is 3. The molecule has 0 heterocycles. The normalized spacial score (nSPS) is 11.2. The van der Waals surface area contributed by atoms with E-state index in [1.54, 1.807) is 0 Å². The number of sulfonamides is 1. The number of amides is 1. The Kier molecular flexibility index (Phi) is 4.11. The topological polar surface area (TPSA) is 89.3 Å². The van der Waals surface area contributed by atoms with Gasteiger partial charge in [-0.25, -0.2) is 13.6 Å². The minimum atomic E-state index is -3.75. The number of hydrogen-bond donors (Lipinski definition) is 2. The molecule has 21 heavy (non-hydrogen) atoms. The highest BCUT2D eigenvalue weighted by atomic mass is 32.2. The Morgan fingerprint density at radius 2 is 1.67 bits per heavy atom. The minimum absolute atomic E-state index is 0.0226. The molecular weight excluding hydrogens is 288 g/mol. The molecule has 0 radical (unpaired) electrons. The lowest BCUT2D eigenvalue weighted by molar-refractivity contribution is 0.102. The lowest BCUT2D eigenvalue weighted by Crippen LogP contribution is -2.15. The van der Waals surface area contributed by atoms with Gasteiger partial charge in [0.1, 0.15) is 0 Å². The monoisotopic (exact) mass is 304 g/mol. The molecule has 1 amide bonds. The van der Waals surface area contributed by atoms with E-state index in [0.717, 1.165) is 16.8 Å². The summed E-state index contributed by atoms with van der Waals surface area (Å²) in [6, 6.07) is 11.2. The summed E-state index contributed by atoms with van der Waals surface area (Å²) in [7, 11) is -3.75. The molecule has 3 N–H and O–H groups in total. The fraction of sp³-hybridized carbons (Fsp3) is 0.133. The van der Waals surface area contributed by atoms with Crippen molar-refractivity contribution in [1.29, 1.82) is 0 Å². The lowest BCUT2D eigenvalue weighted by Gasteiger charge is -2.09. The van der Waals surface area contributed by atoms with E-state index in [4.69, 9.17) is 5.14 Å². The van der Waals surface area contributed by atoms with Crippen LogP contribution in [0.3, 0.4) is 0 Å². The molecule has 0 saturated heterocycles. The van der Waals surface area contributed by atoms with Crippen LogP contribution in [0.25, 0.3) is 0 Å². The van der Waals surface area contributed by atoms with Crippen LogP contribution >= 0.6 is 0 Å². The van der Waals surface area contributed by atoms with Crippen molar-refractivity contribution in [3.63, 3.8) is 0 Å². The van der Waals surface area contributed by atoms with Gasteiger partial charge in [-0.05, 0) is 49.7 Å². The summed E-state index contributed by atoms with van der Waals surface area (Å²) in [4.78, 5) is 12.1. The molecular formula is C15H16N2O3S. The van der Waals surface area contributed by atoms with E-state index >= 15 is 0 Å². The fourth-order valence-corrected chi connectivity index (χ4v) is 2.46. The summed E-state index contributed by atoms with van der Waals surface area (Å²) in [5.74, 6) is -0.303. The summed E-state index contributed by atoms with van der Waals surface area (Å²) in [6.45, 7) is 3.89. The zero-order valence-corrected chi connectivity index (χ0v) is 12.6. The van der Waals surface area contributed by atoms with Crippen molar-refractivity contribution >= 4 is 21.6 Å². The predicted molar refractivity (Wildman–Crippen MR) is 81.7 cm³/mol. The average Bonchev–Trinajstić information content (AvgIpc) is 2.41. The molecule has 0 aliphatic carbocycles. The van der Waals surface area contributed by atoms with Crippen LogP contribution in [-0.4, -0.2) is 14.3 Å². The molecule has 110 valence electrons. The first-order valence-electron chi connectivity index (χ1n) is 6.29. The Bertz CT molecular complexity index is 781. The molecule has 0 aromatic heterocycles. The first-order valence-corrected chi connectivity index (χ1v) is 7.83. The van der Waals surface area contributed by atoms with E-state index in [0.29, 0.717) is 5.56 Å². The Labute approximate surface area is 123 Å². The average molecular weight is 304 g/mol. The van der Waals surface area contributed by atoms with E-state index < -0.39 is 10.0 Å². The van der Waals surface area contributed by atoms with E-state index in [9.17, 15) is 13.2 Å². The van der Waals surface area contributed by atoms with Crippen molar-refractivity contribution in [2.24, 2.45) is 5.14 Å². The number of primary sulfonamides is 1. The van der Waals surface area contributed by atoms with Crippen molar-refractivity contribution in [1.82, 2.24) is 0 Å². The molecule has 0 bridgehead atoms. The van der Waals surface area contributed by atoms with E-state index in [-0.39, 0.29) is 10.8 Å². The molecule has 0 unspecified atom stereocenters. The maximum Gasteiger partial charge on any atom is 0.255 e. The Balaban J connectivity index is 2.21. The van der Waals surface area contributed by atoms with Gasteiger partial charge in [0.25, 0.3) is 5.91 Å². The van der Waals surface area contributed by atoms with Crippen molar-refractivity contribution in [3.05, 3.63) is 59.2 Å². The van der Waals surface area contributed by atoms with Gasteiger partial charge in [0.05, 0.1) is 4.90 Å². The van der Waals surface area contributed by atoms with Gasteiger partial charge in [0.2, 0.25) is 10.0 Å². The molecule has 0 saturated carbocycles. The summed E-state index contributed by atoms with van der Waals surface area (Å²) >= 11 is 0. The first kappa shape index (κ1) is 15.2. The number of nitrogens with one attached hydrogen (secondary N) is 1. The molecule has 6 heteroatoms. The third kappa shape index (κ3) is 3.68. The van der Waals surface area contributed by atoms with Crippen molar-refractivity contribution in [2.45, 2.75) is 18.7 Å². The van der Waals surface area contributed by atoms with Crippen LogP contribution in [-0.2, 0) is 10.0 Å². The second-order valence-electron chi connectivity index (χ2n) is 4.84. The summed E-state index contributed by atoms with van der Waals surface area (Å²) in [6.07, 6.45) is 0. The number of carbonyl (C=O) groups excluding carboxylic acids is 1. The fourth-order valence-electron chi connectivity index (χ4n) is 1.94. The second-order valence-corrected chi connectivity index (χ2v) is 6.40. The zero-order chi connectivity index (χ0) is 15.6. The molecule has 0 spiro atoms. The van der Waals surface area contributed by atoms with Crippen LogP contribution in [0.15, 0.2) is 47.4 Å². The maximum atomic E-state index is 12.1. The van der Waals surface area contributed by atoms with Crippen molar-refractivity contribution in [3.8, 4) is 0 Å². The SMILES string of the molecule is Cc1ccc(NC(=O)c2ccc(S(N)(=O)=O)cc2)c(C)c1. The van der Waals surface area contributed by atoms with E-state index in [2.05, 4.69) is 5.32 Å². The van der Waals surface area contributed by atoms with Crippen LogP contribution in [0.4, 0.5) is 5.69 Å². The smallest absolute Gasteiger partial charge is 0.255 e. The molecule has 0 aliphatic rings. The predicted octanol–water partition coefficient (Wildman–Crippen LogP) is 2.20. The second kappa shape index (κ2) is 5.67. The highest BCUT2D eigenvalue weighted by Gasteiger charge is 2.11. The first-order chi connectivity index (χ1) is 9.77. The van der Waals surface area contributed by atoms with Gasteiger partial charge in [0, 0.05) is 11.3 Å². The Morgan fingerprint density at radius 3 is 2.19 bits per heavy atom. The largest absolute Gasteiger partial charge is 0.322 e. The number of anilines is 1. The van der Waals surface area contributed by atoms with Gasteiger partial charge in [-0.15, -0.1) is 0 Å². The van der Waals surface area contributed by atoms with Crippen LogP contribution in [0.1, 0.15) is 21.5 Å². The lowest BCUT2D eigenvalue weighted by atomic mass is 10.1. The standard InChI is InChI=1S/C15H16N2O3S/c1-10-3-8-14(11(2)9-10)17-15(18)12-4-6-13(7-5-12)21(16,19)20/h3-9H,1-2H3,(H,17,18)(H2,16,19,20). The van der Waals surface area contributed by atoms with Gasteiger partial charge >= 0.3 is 0 Å². The van der Waals surface area contributed by atoms with E-state index in [1.807, 2.05) is 32.0 Å². The van der Waals surface area contributed by atoms with E-state index in [1.165, 1.54) is 24.3 Å². The molecule has 0 fully saturated rings. The maximum absolute atomic E-state index is 12.1. The molecule has 5 nitrogen and oxygen atoms in total. The third-order valence-corrected chi connectivity index (χ3v) is 4.00. The third-order valence-electron chi connectivity index (χ3n) is 3.08. The molecule has 0 atom stereocenters. The van der Waals surface area contributed by atoms with Crippen molar-refractivity contribution in [2.75, 3.05) is 5.32 Å². The molecule has 2 rings (SSSR count). The highest BCUT2D eigenvalue weighted by molar-refractivity contribution is 7.89. The van der Waals surface area contributed by atoms with Crippen LogP contribution in [0.2, 0.25) is 0 Å². The number of carbonyl (C=O) groups is 1. The highest BCUT2D eigenvalue weighted by Crippen LogP contribution is 2.17. The number of nitrogens with two attached hydrogens (primary N) is 1. The molecule has 2 aromatic carbocycles.